The van der Waals surface area contributed by atoms with Gasteiger partial charge in [0.1, 0.15) is 17.3 Å². The van der Waals surface area contributed by atoms with Crippen molar-refractivity contribution < 1.29 is 9.21 Å². The molecule has 0 aliphatic heterocycles. The first-order valence-corrected chi connectivity index (χ1v) is 9.72. The maximum absolute atomic E-state index is 12.7. The number of furan rings is 1. The first kappa shape index (κ1) is 19.4. The summed E-state index contributed by atoms with van der Waals surface area (Å²) >= 11 is 0. The number of benzene rings is 2. The van der Waals surface area contributed by atoms with Gasteiger partial charge in [-0.1, -0.05) is 60.2 Å². The van der Waals surface area contributed by atoms with Gasteiger partial charge in [0.25, 0.3) is 5.91 Å². The molecule has 0 atom stereocenters. The molecule has 2 N–H and O–H groups in total. The minimum atomic E-state index is -0.288. The molecule has 150 valence electrons. The molecule has 4 rings (SSSR count). The lowest BCUT2D eigenvalue weighted by atomic mass is 10.1. The Morgan fingerprint density at radius 3 is 2.47 bits per heavy atom. The minimum absolute atomic E-state index is 0.288. The largest absolute Gasteiger partial charge is 0.467 e. The van der Waals surface area contributed by atoms with Crippen LogP contribution in [0.2, 0.25) is 0 Å². The van der Waals surface area contributed by atoms with Gasteiger partial charge in [-0.3, -0.25) is 4.79 Å². The molecule has 0 bridgehead atoms. The average Bonchev–Trinajstić information content (AvgIpc) is 3.31. The van der Waals surface area contributed by atoms with Crippen LogP contribution in [0.1, 0.15) is 27.4 Å². The topological polar surface area (TPSA) is 80.0 Å². The molecule has 0 unspecified atom stereocenters. The maximum Gasteiger partial charge on any atom is 0.270 e. The fraction of sp³-hybridized carbons (Fsp3) is 0.125. The first-order chi connectivity index (χ1) is 14.7. The molecule has 2 aromatic carbocycles. The van der Waals surface area contributed by atoms with Crippen molar-refractivity contribution in [2.24, 2.45) is 0 Å². The summed E-state index contributed by atoms with van der Waals surface area (Å²) in [5, 5.41) is 6.14. The van der Waals surface area contributed by atoms with Gasteiger partial charge in [-0.15, -0.1) is 0 Å². The highest BCUT2D eigenvalue weighted by Crippen LogP contribution is 2.18. The van der Waals surface area contributed by atoms with E-state index in [1.807, 2.05) is 36.4 Å². The lowest BCUT2D eigenvalue weighted by Gasteiger charge is -2.11. The van der Waals surface area contributed by atoms with Gasteiger partial charge >= 0.3 is 0 Å². The molecule has 2 heterocycles. The van der Waals surface area contributed by atoms with E-state index in [2.05, 4.69) is 51.8 Å². The second-order valence-electron chi connectivity index (χ2n) is 6.93. The molecule has 6 heteroatoms. The normalized spacial score (nSPS) is 10.6. The van der Waals surface area contributed by atoms with Crippen LogP contribution in [0, 0.1) is 6.92 Å². The highest BCUT2D eigenvalue weighted by molar-refractivity contribution is 5.93. The summed E-state index contributed by atoms with van der Waals surface area (Å²) in [4.78, 5) is 21.8. The molecule has 4 aromatic rings. The molecule has 0 radical (unpaired) electrons. The predicted molar refractivity (Wildman–Crippen MR) is 116 cm³/mol. The Bertz CT molecular complexity index is 1110. The quantitative estimate of drug-likeness (QED) is 0.476. The lowest BCUT2D eigenvalue weighted by molar-refractivity contribution is 0.0943. The number of anilines is 1. The van der Waals surface area contributed by atoms with E-state index in [1.165, 1.54) is 5.56 Å². The zero-order valence-electron chi connectivity index (χ0n) is 16.6. The van der Waals surface area contributed by atoms with Gasteiger partial charge < -0.3 is 15.1 Å². The van der Waals surface area contributed by atoms with Crippen molar-refractivity contribution in [3.8, 4) is 11.4 Å². The summed E-state index contributed by atoms with van der Waals surface area (Å²) in [5.41, 5.74) is 3.48. The van der Waals surface area contributed by atoms with Crippen molar-refractivity contribution in [1.29, 1.82) is 0 Å². The number of carbonyl (C=O) groups is 1. The van der Waals surface area contributed by atoms with Gasteiger partial charge in [0.05, 0.1) is 12.8 Å². The maximum atomic E-state index is 12.7. The van der Waals surface area contributed by atoms with E-state index in [-0.39, 0.29) is 5.91 Å². The molecule has 0 spiro atoms. The number of nitrogens with one attached hydrogen (secondary N) is 2. The number of hydrogen-bond acceptors (Lipinski definition) is 5. The van der Waals surface area contributed by atoms with Gasteiger partial charge in [-0.2, -0.15) is 0 Å². The SMILES string of the molecule is Cc1ccc(CNc2cc(C(=O)NCc3ccco3)nc(-c3ccccc3)n2)cc1. The zero-order chi connectivity index (χ0) is 20.8. The Kier molecular flexibility index (Phi) is 5.85. The summed E-state index contributed by atoms with van der Waals surface area (Å²) < 4.78 is 5.27. The highest BCUT2D eigenvalue weighted by Gasteiger charge is 2.13. The Hall–Kier alpha value is -3.93. The fourth-order valence-electron chi connectivity index (χ4n) is 2.94. The molecule has 6 nitrogen and oxygen atoms in total. The molecule has 0 saturated carbocycles. The zero-order valence-corrected chi connectivity index (χ0v) is 16.6. The number of carbonyl (C=O) groups excluding carboxylic acids is 1. The van der Waals surface area contributed by atoms with Gasteiger partial charge in [0.2, 0.25) is 0 Å². The standard InChI is InChI=1S/C24H22N4O2/c1-17-9-11-18(12-10-17)15-25-22-14-21(24(29)26-16-20-8-5-13-30-20)27-23(28-22)19-6-3-2-4-7-19/h2-14H,15-16H2,1H3,(H,26,29)(H,25,27,28). The number of aromatic nitrogens is 2. The van der Waals surface area contributed by atoms with Crippen molar-refractivity contribution in [3.05, 3.63) is 102 Å². The van der Waals surface area contributed by atoms with Gasteiger partial charge in [-0.25, -0.2) is 9.97 Å². The van der Waals surface area contributed by atoms with Gasteiger partial charge in [0, 0.05) is 18.2 Å². The van der Waals surface area contributed by atoms with Crippen molar-refractivity contribution in [1.82, 2.24) is 15.3 Å². The molecule has 0 aliphatic carbocycles. The Labute approximate surface area is 175 Å². The Morgan fingerprint density at radius 2 is 1.73 bits per heavy atom. The molecular weight excluding hydrogens is 376 g/mol. The average molecular weight is 398 g/mol. The summed E-state index contributed by atoms with van der Waals surface area (Å²) in [7, 11) is 0. The van der Waals surface area contributed by atoms with Crippen molar-refractivity contribution in [2.75, 3.05) is 5.32 Å². The third-order valence-electron chi connectivity index (χ3n) is 4.59. The van der Waals surface area contributed by atoms with E-state index in [0.717, 1.165) is 11.1 Å². The molecule has 0 fully saturated rings. The van der Waals surface area contributed by atoms with Crippen LogP contribution < -0.4 is 10.6 Å². The van der Waals surface area contributed by atoms with E-state index in [0.29, 0.717) is 36.2 Å². The Morgan fingerprint density at radius 1 is 0.933 bits per heavy atom. The van der Waals surface area contributed by atoms with E-state index in [4.69, 9.17) is 4.42 Å². The number of rotatable bonds is 7. The predicted octanol–water partition coefficient (Wildman–Crippen LogP) is 4.59. The van der Waals surface area contributed by atoms with Gasteiger partial charge in [0.15, 0.2) is 5.82 Å². The molecule has 0 aliphatic rings. The van der Waals surface area contributed by atoms with Crippen molar-refractivity contribution in [3.63, 3.8) is 0 Å². The van der Waals surface area contributed by atoms with Crippen LogP contribution in [-0.4, -0.2) is 15.9 Å². The van der Waals surface area contributed by atoms with Crippen LogP contribution >= 0.6 is 0 Å². The third-order valence-corrected chi connectivity index (χ3v) is 4.59. The third kappa shape index (κ3) is 4.91. The summed E-state index contributed by atoms with van der Waals surface area (Å²) in [6.07, 6.45) is 1.58. The second kappa shape index (κ2) is 9.05. The molecule has 1 amide bonds. The van der Waals surface area contributed by atoms with Crippen LogP contribution in [0.5, 0.6) is 0 Å². The molecule has 30 heavy (non-hydrogen) atoms. The van der Waals surface area contributed by atoms with Crippen LogP contribution in [0.4, 0.5) is 5.82 Å². The number of hydrogen-bond donors (Lipinski definition) is 2. The first-order valence-electron chi connectivity index (χ1n) is 9.72. The molecular formula is C24H22N4O2. The van der Waals surface area contributed by atoms with Crippen molar-refractivity contribution >= 4 is 11.7 Å². The van der Waals surface area contributed by atoms with E-state index in [9.17, 15) is 4.79 Å². The summed E-state index contributed by atoms with van der Waals surface area (Å²) in [6, 6.07) is 23.1. The molecule has 0 saturated heterocycles. The van der Waals surface area contributed by atoms with E-state index in [1.54, 1.807) is 18.4 Å². The fourth-order valence-corrected chi connectivity index (χ4v) is 2.94. The minimum Gasteiger partial charge on any atom is -0.467 e. The Balaban J connectivity index is 1.57. The number of nitrogens with zero attached hydrogens (tertiary/aromatic N) is 2. The summed E-state index contributed by atoms with van der Waals surface area (Å²) in [6.45, 7) is 2.95. The van der Waals surface area contributed by atoms with E-state index >= 15 is 0 Å². The number of amides is 1. The molecule has 2 aromatic heterocycles. The van der Waals surface area contributed by atoms with Crippen LogP contribution in [0.25, 0.3) is 11.4 Å². The highest BCUT2D eigenvalue weighted by atomic mass is 16.3. The van der Waals surface area contributed by atoms with Crippen LogP contribution in [0.15, 0.2) is 83.5 Å². The lowest BCUT2D eigenvalue weighted by Crippen LogP contribution is -2.24. The second-order valence-corrected chi connectivity index (χ2v) is 6.93. The van der Waals surface area contributed by atoms with Crippen LogP contribution in [-0.2, 0) is 13.1 Å². The van der Waals surface area contributed by atoms with Crippen molar-refractivity contribution in [2.45, 2.75) is 20.0 Å². The summed E-state index contributed by atoms with van der Waals surface area (Å²) in [5.74, 6) is 1.48. The van der Waals surface area contributed by atoms with E-state index < -0.39 is 0 Å². The van der Waals surface area contributed by atoms with Crippen LogP contribution in [0.3, 0.4) is 0 Å². The number of aryl methyl sites for hydroxylation is 1. The monoisotopic (exact) mass is 398 g/mol. The smallest absolute Gasteiger partial charge is 0.270 e. The van der Waals surface area contributed by atoms with Gasteiger partial charge in [-0.05, 0) is 24.6 Å².